The number of unbranched alkanes of at least 4 members (excludes halogenated alkanes) is 11. The summed E-state index contributed by atoms with van der Waals surface area (Å²) in [7, 11) is 0. The number of aliphatic carboxylic acids is 1. The van der Waals surface area contributed by atoms with Gasteiger partial charge in [0.2, 0.25) is 11.8 Å². The van der Waals surface area contributed by atoms with E-state index in [0.717, 1.165) is 225 Å². The predicted molar refractivity (Wildman–Crippen MR) is 546 cm³/mol. The third-order valence-electron chi connectivity index (χ3n) is 21.4. The van der Waals surface area contributed by atoms with E-state index in [4.69, 9.17) is 104 Å². The number of carboxylic acid groups (broad SMARTS) is 1. The maximum atomic E-state index is 12.8. The summed E-state index contributed by atoms with van der Waals surface area (Å²) in [5.41, 5.74) is 9.19. The number of piperazine rings is 3. The summed E-state index contributed by atoms with van der Waals surface area (Å²) < 4.78 is 23.5. The molecular weight excluding hydrogens is 2380 g/mol. The summed E-state index contributed by atoms with van der Waals surface area (Å²) in [5, 5.41) is 35.2. The van der Waals surface area contributed by atoms with E-state index >= 15 is 0 Å². The molecule has 6 N–H and O–H groups in total. The third kappa shape index (κ3) is 41.5. The number of carbonyl (C=O) groups is 5. The Morgan fingerprint density at radius 3 is 1.15 bits per heavy atom. The zero-order chi connectivity index (χ0) is 87.0. The van der Waals surface area contributed by atoms with Gasteiger partial charge in [0, 0.05) is 166 Å². The second-order valence-electron chi connectivity index (χ2n) is 29.6. The molecule has 123 heavy (non-hydrogen) atoms. The maximum absolute atomic E-state index is 12.8. The normalized spacial score (nSPS) is 14.9. The van der Waals surface area contributed by atoms with Crippen LogP contribution in [-0.4, -0.2) is 208 Å². The smallest absolute Gasteiger partial charge is 0.229 e. The summed E-state index contributed by atoms with van der Waals surface area (Å²) in [6.45, 7) is 19.5. The van der Waals surface area contributed by atoms with Crippen LogP contribution in [0.25, 0.3) is 0 Å². The van der Waals surface area contributed by atoms with Crippen molar-refractivity contribution in [1.29, 1.82) is 0 Å². The van der Waals surface area contributed by atoms with Crippen LogP contribution in [0, 0.1) is 0 Å². The number of anilines is 5. The van der Waals surface area contributed by atoms with Gasteiger partial charge in [-0.15, -0.1) is 24.0 Å². The number of rotatable bonds is 35. The first-order valence-corrected chi connectivity index (χ1v) is 62.7. The van der Waals surface area contributed by atoms with Crippen molar-refractivity contribution >= 4 is 226 Å². The topological polar surface area (TPSA) is 261 Å². The Morgan fingerprint density at radius 1 is 0.439 bits per heavy atom. The van der Waals surface area contributed by atoms with E-state index in [2.05, 4.69) is 117 Å². The van der Waals surface area contributed by atoms with Crippen molar-refractivity contribution in [2.75, 3.05) is 163 Å². The van der Waals surface area contributed by atoms with Crippen LogP contribution < -0.4 is 52.0 Å². The predicted octanol–water partition coefficient (Wildman–Crippen LogP) is 18.3. The van der Waals surface area contributed by atoms with Crippen LogP contribution in [0.2, 0.25) is 30.1 Å². The van der Waals surface area contributed by atoms with E-state index in [1.54, 1.807) is 11.8 Å². The fourth-order valence-corrected chi connectivity index (χ4v) is 15.9. The number of ketones is 1. The van der Waals surface area contributed by atoms with Gasteiger partial charge in [-0.1, -0.05) is 179 Å². The second-order valence-corrected chi connectivity index (χ2v) is 48.2. The Hall–Kier alpha value is -2.49. The number of aliphatic hydroxyl groups excluding tert-OH is 2. The average Bonchev–Trinajstić information content (AvgIpc) is 0.809. The van der Waals surface area contributed by atoms with E-state index in [1.165, 1.54) is 49.0 Å². The van der Waals surface area contributed by atoms with E-state index in [9.17, 15) is 29.1 Å². The quantitative estimate of drug-likeness (QED) is 0.0125. The number of carboxylic acids is 1. The molecule has 0 saturated carbocycles. The summed E-state index contributed by atoms with van der Waals surface area (Å²) in [6.07, 6.45) is 21.9. The fourth-order valence-electron chi connectivity index (χ4n) is 14.7. The molecule has 3 fully saturated rings. The summed E-state index contributed by atoms with van der Waals surface area (Å²) in [5.74, 6) is 1.64. The molecule has 0 aromatic heterocycles. The second kappa shape index (κ2) is 66.8. The number of hydrogen-bond donors (Lipinski definition) is 4. The number of halogens is 12. The van der Waals surface area contributed by atoms with Crippen molar-refractivity contribution < 1.29 is 82.1 Å². The molecule has 6 aromatic carbocycles. The van der Waals surface area contributed by atoms with E-state index < -0.39 is 12.8 Å². The van der Waals surface area contributed by atoms with Gasteiger partial charge in [0.25, 0.3) is 0 Å². The minimum absolute atomic E-state index is 0. The molecule has 0 atom stereocenters. The molecular formula is C89H125Cl6I6N8O14-. The van der Waals surface area contributed by atoms with E-state index in [-0.39, 0.29) is 74.5 Å². The number of benzene rings is 6. The van der Waals surface area contributed by atoms with Crippen molar-refractivity contribution in [2.24, 2.45) is 0 Å². The van der Waals surface area contributed by atoms with Crippen LogP contribution in [0.4, 0.5) is 28.4 Å². The standard InChI is InChI=1S/C36H51Cl2N3O4.C24H29Cl2N3O3.C24H28Cl2N2O2.C3H6O2.CH4O2.CH4.I3.I2.HI.H2O/c1-2-3-4-5-6-7-8-9-10-16-35(43)45-28-41-33-27-30(19-17-29(33)18-20-34(41)42)44-26-12-11-21-39-22-24-40(25-23-39)32-15-13-14-31(37)36(32)38;25-20-4-3-5-21(24(20)26)28-13-11-27(12-14-28)10-1-2-15-32-19-8-6-18-7-9-23(31)29(17-30)22(18)16-19;25-22-4-3-5-23(24(22)26)28-13-11-27(12-14-28)10-1-2-15-30-21-9-7-18-6-8-20(29)16-19(18)17-21;1-2-3(4)5;2-1-3;;1-3-2;1-2;;/h13-15,17,19,27H,2-12,16,18,20-26,28H2,1H3;3-6,8,16,30H,1-2,7,9-15,17H2;3-5,7,9,17H,1-2,6,8,10-16H2;2H2,1H3,(H,4,5);2-3H,1H2;1H4;;;1H;1H2/q;;;;;;-1;;;. The summed E-state index contributed by atoms with van der Waals surface area (Å²) >= 11 is 47.2. The molecule has 6 aliphatic rings. The van der Waals surface area contributed by atoms with Crippen molar-refractivity contribution in [2.45, 2.75) is 175 Å². The van der Waals surface area contributed by atoms with Crippen LogP contribution >= 0.6 is 168 Å². The first-order valence-electron chi connectivity index (χ1n) is 41.6. The minimum Gasteiger partial charge on any atom is -0.494 e. The Kier molecular flexibility index (Phi) is 62.3. The maximum Gasteiger partial charge on any atom is 0.229 e. The first kappa shape index (κ1) is 115. The molecule has 690 valence electrons. The molecule has 5 aliphatic heterocycles. The van der Waals surface area contributed by atoms with Gasteiger partial charge >= 0.3 is 62.4 Å². The third-order valence-corrected chi connectivity index (χ3v) is 23.8. The number of aryl methyl sites for hydroxylation is 3. The number of nitrogens with zero attached hydrogens (tertiary/aromatic N) is 8. The van der Waals surface area contributed by atoms with Crippen LogP contribution in [0.15, 0.2) is 109 Å². The zero-order valence-electron chi connectivity index (χ0n) is 69.8. The first-order chi connectivity index (χ1) is 58.2. The molecule has 5 heterocycles. The number of hydrogen-bond acceptors (Lipinski definition) is 18. The Labute approximate surface area is 830 Å². The molecule has 0 unspecified atom stereocenters. The van der Waals surface area contributed by atoms with Gasteiger partial charge in [0.05, 0.1) is 78.4 Å². The van der Waals surface area contributed by atoms with Gasteiger partial charge in [-0.2, -0.15) is 0 Å². The van der Waals surface area contributed by atoms with Crippen molar-refractivity contribution in [3.63, 3.8) is 0 Å². The number of Topliss-reactive ketones (excluding diaryl/α,β-unsaturated/α-hetero) is 1. The number of ether oxygens (including phenoxy) is 4. The van der Waals surface area contributed by atoms with Gasteiger partial charge in [0.1, 0.15) is 36.6 Å². The van der Waals surface area contributed by atoms with Gasteiger partial charge < -0.3 is 59.5 Å². The van der Waals surface area contributed by atoms with Gasteiger partial charge in [-0.05, 0) is 167 Å². The van der Waals surface area contributed by atoms with Gasteiger partial charge in [-0.25, -0.2) is 0 Å². The average molecular weight is 2510 g/mol. The monoisotopic (exact) mass is 2500 g/mol. The summed E-state index contributed by atoms with van der Waals surface area (Å²) in [6, 6.07) is 35.3. The molecule has 2 amide bonds. The van der Waals surface area contributed by atoms with Crippen molar-refractivity contribution in [3.8, 4) is 17.2 Å². The molecule has 34 heteroatoms. The van der Waals surface area contributed by atoms with E-state index in [1.807, 2.05) is 103 Å². The number of aliphatic hydroxyl groups is 3. The van der Waals surface area contributed by atoms with Crippen LogP contribution in [0.3, 0.4) is 0 Å². The number of amides is 2. The summed E-state index contributed by atoms with van der Waals surface area (Å²) in [4.78, 5) is 75.6. The SMILES string of the molecule is C.CCC(=O)O.CCCCCCCCCCCC(=O)OCN1C(=O)CCc2ccc(OCCCCN3CCN(c4cccc(Cl)c4Cl)CC3)cc21.I.II.I[I-]I.O.O=C1CCc2ccc(OCCCCN3CCN(c4cccc(Cl)c4Cl)CC3)cc2C1.O=C1CCc2ccc(OCCCCN3CCN(c4cccc(Cl)c4Cl)CC3)cc2N1CO.OCO. The molecule has 0 bridgehead atoms. The molecule has 22 nitrogen and oxygen atoms in total. The molecule has 0 spiro atoms. The van der Waals surface area contributed by atoms with Crippen molar-refractivity contribution in [3.05, 3.63) is 162 Å². The van der Waals surface area contributed by atoms with Crippen molar-refractivity contribution in [1.82, 2.24) is 14.7 Å². The minimum atomic E-state index is -0.750. The fraction of sp³-hybridized carbons (Fsp3) is 0.539. The largest absolute Gasteiger partial charge is 0.494 e. The van der Waals surface area contributed by atoms with Crippen LogP contribution in [0.5, 0.6) is 17.2 Å². The zero-order valence-corrected chi connectivity index (χ0v) is 87.5. The number of carbonyl (C=O) groups excluding carboxylic acids is 4. The molecule has 12 rings (SSSR count). The number of esters is 1. The Bertz CT molecular complexity index is 4050. The van der Waals surface area contributed by atoms with Gasteiger partial charge in [-0.3, -0.25) is 48.5 Å². The Morgan fingerprint density at radius 2 is 0.780 bits per heavy atom. The van der Waals surface area contributed by atoms with Crippen LogP contribution in [-0.2, 0) is 54.4 Å². The molecule has 3 saturated heterocycles. The molecule has 0 radical (unpaired) electrons. The Balaban J connectivity index is 0.000000447. The van der Waals surface area contributed by atoms with Gasteiger partial charge in [0.15, 0.2) is 6.73 Å². The molecule has 1 aliphatic carbocycles. The van der Waals surface area contributed by atoms with Crippen LogP contribution in [0.1, 0.15) is 172 Å². The van der Waals surface area contributed by atoms with E-state index in [0.29, 0.717) is 114 Å². The molecule has 6 aromatic rings. The number of fused-ring (bicyclic) bond motifs is 3.